The van der Waals surface area contributed by atoms with E-state index in [1.807, 2.05) is 40.7 Å². The van der Waals surface area contributed by atoms with Crippen LogP contribution in [-0.2, 0) is 11.3 Å². The van der Waals surface area contributed by atoms with Gasteiger partial charge in [-0.2, -0.15) is 15.0 Å². The molecule has 0 amide bonds. The van der Waals surface area contributed by atoms with E-state index in [0.717, 1.165) is 16.9 Å². The van der Waals surface area contributed by atoms with E-state index in [9.17, 15) is 9.50 Å². The summed E-state index contributed by atoms with van der Waals surface area (Å²) in [5.41, 5.74) is 2.64. The molecule has 31 heavy (non-hydrogen) atoms. The predicted octanol–water partition coefficient (Wildman–Crippen LogP) is 2.65. The summed E-state index contributed by atoms with van der Waals surface area (Å²) in [6.45, 7) is 4.08. The zero-order chi connectivity index (χ0) is 21.4. The van der Waals surface area contributed by atoms with Crippen molar-refractivity contribution in [1.82, 2.24) is 24.5 Å². The van der Waals surface area contributed by atoms with Gasteiger partial charge in [-0.3, -0.25) is 4.57 Å². The van der Waals surface area contributed by atoms with Crippen molar-refractivity contribution in [2.75, 3.05) is 31.2 Å². The summed E-state index contributed by atoms with van der Waals surface area (Å²) in [5, 5.41) is 9.50. The zero-order valence-electron chi connectivity index (χ0n) is 17.0. The maximum Gasteiger partial charge on any atom is 0.241 e. The van der Waals surface area contributed by atoms with Gasteiger partial charge in [0.05, 0.1) is 30.9 Å². The van der Waals surface area contributed by atoms with Gasteiger partial charge in [-0.05, 0) is 42.8 Å². The Morgan fingerprint density at radius 3 is 2.58 bits per heavy atom. The van der Waals surface area contributed by atoms with Crippen LogP contribution >= 0.6 is 0 Å². The fourth-order valence-electron chi connectivity index (χ4n) is 3.76. The Bertz CT molecular complexity index is 1250. The van der Waals surface area contributed by atoms with E-state index in [0.29, 0.717) is 55.2 Å². The summed E-state index contributed by atoms with van der Waals surface area (Å²) in [4.78, 5) is 20.7. The first-order valence-corrected chi connectivity index (χ1v) is 10.1. The lowest BCUT2D eigenvalue weighted by Crippen LogP contribution is -2.37. The molecule has 158 valence electrons. The number of hydrogen-bond acceptors (Lipinski definition) is 7. The molecule has 4 aromatic rings. The molecule has 1 N–H and O–H groups in total. The molecule has 9 heteroatoms. The van der Waals surface area contributed by atoms with E-state index in [4.69, 9.17) is 9.72 Å². The second kappa shape index (κ2) is 8.01. The van der Waals surface area contributed by atoms with Crippen LogP contribution in [0.3, 0.4) is 0 Å². The minimum Gasteiger partial charge on any atom is -0.392 e. The van der Waals surface area contributed by atoms with Crippen LogP contribution in [-0.4, -0.2) is 55.9 Å². The smallest absolute Gasteiger partial charge is 0.241 e. The highest BCUT2D eigenvalue weighted by molar-refractivity contribution is 5.77. The van der Waals surface area contributed by atoms with Crippen LogP contribution in [0.1, 0.15) is 11.4 Å². The van der Waals surface area contributed by atoms with Gasteiger partial charge in [-0.15, -0.1) is 0 Å². The number of aromatic nitrogens is 5. The standard InChI is InChI=1S/C22H21FN6O2/c1-14-24-18-4-2-3-5-19(18)29(14)22-26-20(16-10-15(13-30)11-17(23)12-16)25-21(27-22)28-6-8-31-9-7-28/h2-5,10-12,30H,6-9,13H2,1H3. The number of fused-ring (bicyclic) bond motifs is 1. The minimum atomic E-state index is -0.458. The number of para-hydroxylation sites is 2. The van der Waals surface area contributed by atoms with E-state index in [-0.39, 0.29) is 6.61 Å². The Morgan fingerprint density at radius 1 is 1.00 bits per heavy atom. The topological polar surface area (TPSA) is 89.2 Å². The molecule has 8 nitrogen and oxygen atoms in total. The number of morpholine rings is 1. The molecule has 0 bridgehead atoms. The second-order valence-corrected chi connectivity index (χ2v) is 7.35. The molecule has 0 atom stereocenters. The van der Waals surface area contributed by atoms with Crippen LogP contribution in [0.25, 0.3) is 28.4 Å². The number of ether oxygens (including phenoxy) is 1. The summed E-state index contributed by atoms with van der Waals surface area (Å²) in [6.07, 6.45) is 0. The van der Waals surface area contributed by atoms with Crippen molar-refractivity contribution >= 4 is 17.0 Å². The molecule has 0 unspecified atom stereocenters. The Hall–Kier alpha value is -3.43. The maximum atomic E-state index is 14.2. The van der Waals surface area contributed by atoms with Gasteiger partial charge in [-0.25, -0.2) is 9.37 Å². The summed E-state index contributed by atoms with van der Waals surface area (Å²) < 4.78 is 21.5. The average Bonchev–Trinajstić information content (AvgIpc) is 3.14. The molecule has 2 aromatic heterocycles. The molecule has 1 aliphatic heterocycles. The number of aryl methyl sites for hydroxylation is 1. The van der Waals surface area contributed by atoms with Crippen molar-refractivity contribution in [2.24, 2.45) is 0 Å². The molecule has 0 saturated carbocycles. The monoisotopic (exact) mass is 420 g/mol. The largest absolute Gasteiger partial charge is 0.392 e. The van der Waals surface area contributed by atoms with Crippen LogP contribution in [0.15, 0.2) is 42.5 Å². The van der Waals surface area contributed by atoms with Gasteiger partial charge >= 0.3 is 0 Å². The Morgan fingerprint density at radius 2 is 1.77 bits per heavy atom. The number of anilines is 1. The predicted molar refractivity (Wildman–Crippen MR) is 114 cm³/mol. The average molecular weight is 420 g/mol. The van der Waals surface area contributed by atoms with Gasteiger partial charge in [0.1, 0.15) is 11.6 Å². The van der Waals surface area contributed by atoms with E-state index < -0.39 is 5.82 Å². The summed E-state index contributed by atoms with van der Waals surface area (Å²) >= 11 is 0. The number of benzene rings is 2. The fourth-order valence-corrected chi connectivity index (χ4v) is 3.76. The maximum absolute atomic E-state index is 14.2. The summed E-state index contributed by atoms with van der Waals surface area (Å²) in [7, 11) is 0. The van der Waals surface area contributed by atoms with Gasteiger partial charge in [0.2, 0.25) is 11.9 Å². The van der Waals surface area contributed by atoms with E-state index in [1.165, 1.54) is 12.1 Å². The number of halogens is 1. The van der Waals surface area contributed by atoms with Gasteiger partial charge in [0.25, 0.3) is 0 Å². The third-order valence-corrected chi connectivity index (χ3v) is 5.23. The van der Waals surface area contributed by atoms with Crippen LogP contribution in [0.4, 0.5) is 10.3 Å². The van der Waals surface area contributed by atoms with Crippen molar-refractivity contribution in [3.63, 3.8) is 0 Å². The number of aliphatic hydroxyl groups excluding tert-OH is 1. The normalized spacial score (nSPS) is 14.4. The number of rotatable bonds is 4. The van der Waals surface area contributed by atoms with Crippen molar-refractivity contribution in [2.45, 2.75) is 13.5 Å². The molecule has 0 radical (unpaired) electrons. The van der Waals surface area contributed by atoms with Gasteiger partial charge in [0, 0.05) is 18.7 Å². The number of nitrogens with zero attached hydrogens (tertiary/aromatic N) is 6. The number of hydrogen-bond donors (Lipinski definition) is 1. The quantitative estimate of drug-likeness (QED) is 0.543. The Kier molecular flexibility index (Phi) is 5.05. The van der Waals surface area contributed by atoms with Crippen molar-refractivity contribution in [3.8, 4) is 17.3 Å². The first-order chi connectivity index (χ1) is 15.1. The highest BCUT2D eigenvalue weighted by Crippen LogP contribution is 2.25. The van der Waals surface area contributed by atoms with Gasteiger partial charge in [-0.1, -0.05) is 12.1 Å². The lowest BCUT2D eigenvalue weighted by molar-refractivity contribution is 0.122. The van der Waals surface area contributed by atoms with Crippen LogP contribution in [0.2, 0.25) is 0 Å². The fraction of sp³-hybridized carbons (Fsp3) is 0.273. The highest BCUT2D eigenvalue weighted by Gasteiger charge is 2.20. The van der Waals surface area contributed by atoms with E-state index >= 15 is 0 Å². The van der Waals surface area contributed by atoms with Crippen molar-refractivity contribution < 1.29 is 14.2 Å². The molecule has 3 heterocycles. The Labute approximate surface area is 178 Å². The molecule has 1 fully saturated rings. The Balaban J connectivity index is 1.72. The molecule has 1 aliphatic rings. The van der Waals surface area contributed by atoms with Crippen LogP contribution in [0.5, 0.6) is 0 Å². The molecule has 2 aromatic carbocycles. The van der Waals surface area contributed by atoms with E-state index in [1.54, 1.807) is 6.07 Å². The van der Waals surface area contributed by atoms with Crippen molar-refractivity contribution in [3.05, 3.63) is 59.7 Å². The molecule has 5 rings (SSSR count). The van der Waals surface area contributed by atoms with Gasteiger partial charge in [0.15, 0.2) is 5.82 Å². The zero-order valence-corrected chi connectivity index (χ0v) is 17.0. The SMILES string of the molecule is Cc1nc2ccccc2n1-c1nc(-c2cc(F)cc(CO)c2)nc(N2CCOCC2)n1. The molecule has 0 spiro atoms. The molecule has 1 saturated heterocycles. The third kappa shape index (κ3) is 3.73. The second-order valence-electron chi connectivity index (χ2n) is 7.35. The molecular weight excluding hydrogens is 399 g/mol. The minimum absolute atomic E-state index is 0.274. The van der Waals surface area contributed by atoms with E-state index in [2.05, 4.69) is 15.0 Å². The highest BCUT2D eigenvalue weighted by atomic mass is 19.1. The third-order valence-electron chi connectivity index (χ3n) is 5.23. The summed E-state index contributed by atoms with van der Waals surface area (Å²) in [6, 6.07) is 12.1. The number of imidazole rings is 1. The number of aliphatic hydroxyl groups is 1. The summed E-state index contributed by atoms with van der Waals surface area (Å²) in [5.74, 6) is 1.52. The molecular formula is C22H21FN6O2. The first kappa shape index (κ1) is 19.5. The lowest BCUT2D eigenvalue weighted by atomic mass is 10.1. The van der Waals surface area contributed by atoms with Crippen LogP contribution < -0.4 is 4.90 Å². The first-order valence-electron chi connectivity index (χ1n) is 10.1. The van der Waals surface area contributed by atoms with Gasteiger partial charge < -0.3 is 14.7 Å². The van der Waals surface area contributed by atoms with Crippen LogP contribution in [0, 0.1) is 12.7 Å². The van der Waals surface area contributed by atoms with Crippen molar-refractivity contribution in [1.29, 1.82) is 0 Å². The molecule has 0 aliphatic carbocycles. The lowest BCUT2D eigenvalue weighted by Gasteiger charge is -2.27.